The third kappa shape index (κ3) is 3.51. The number of anilines is 1. The molecule has 1 aliphatic rings. The van der Waals surface area contributed by atoms with Gasteiger partial charge in [0.15, 0.2) is 0 Å². The van der Waals surface area contributed by atoms with Gasteiger partial charge in [0.1, 0.15) is 5.82 Å². The molecule has 7 nitrogen and oxygen atoms in total. The van der Waals surface area contributed by atoms with Crippen molar-refractivity contribution in [1.29, 1.82) is 0 Å². The Bertz CT molecular complexity index is 1410. The maximum absolute atomic E-state index is 13.1. The Morgan fingerprint density at radius 2 is 1.75 bits per heavy atom. The Morgan fingerprint density at radius 3 is 2.59 bits per heavy atom. The Hall–Kier alpha value is -4.00. The third-order valence-electron chi connectivity index (χ3n) is 5.96. The molecular weight excluding hydrogens is 404 g/mol. The topological polar surface area (TPSA) is 86.4 Å². The van der Waals surface area contributed by atoms with Crippen LogP contribution in [-0.4, -0.2) is 40.3 Å². The van der Waals surface area contributed by atoms with E-state index >= 15 is 0 Å². The standard InChI is InChI=1S/C25H22N4O3/c1-28(15-22-26-20-11-5-4-10-19(20)24(31)27-22)25(32)17-13-23(30)29(14-17)21-12-6-8-16-7-2-3-9-18(16)21/h2-12,17H,13-15H2,1H3,(H,26,27,31)/t17-/m0/s1. The number of nitrogens with zero attached hydrogens (tertiary/aromatic N) is 3. The minimum atomic E-state index is -0.446. The summed E-state index contributed by atoms with van der Waals surface area (Å²) in [5.41, 5.74) is 1.18. The second-order valence-electron chi connectivity index (χ2n) is 8.13. The van der Waals surface area contributed by atoms with Gasteiger partial charge in [-0.1, -0.05) is 48.5 Å². The molecule has 0 saturated carbocycles. The zero-order valence-electron chi connectivity index (χ0n) is 17.6. The Kier molecular flexibility index (Phi) is 4.93. The lowest BCUT2D eigenvalue weighted by molar-refractivity contribution is -0.135. The average molecular weight is 426 g/mol. The van der Waals surface area contributed by atoms with E-state index in [1.165, 1.54) is 4.90 Å². The molecule has 0 aliphatic carbocycles. The van der Waals surface area contributed by atoms with Gasteiger partial charge in [-0.2, -0.15) is 0 Å². The van der Waals surface area contributed by atoms with Crippen molar-refractivity contribution in [2.75, 3.05) is 18.5 Å². The Balaban J connectivity index is 1.35. The summed E-state index contributed by atoms with van der Waals surface area (Å²) in [5.74, 6) is -0.235. The number of amides is 2. The molecule has 0 unspecified atom stereocenters. The Labute approximate surface area is 184 Å². The number of benzene rings is 3. The fourth-order valence-corrected chi connectivity index (χ4v) is 4.37. The first-order chi connectivity index (χ1) is 15.5. The van der Waals surface area contributed by atoms with Crippen molar-refractivity contribution in [3.63, 3.8) is 0 Å². The summed E-state index contributed by atoms with van der Waals surface area (Å²) in [5, 5.41) is 2.55. The molecule has 0 spiro atoms. The monoisotopic (exact) mass is 426 g/mol. The number of hydrogen-bond acceptors (Lipinski definition) is 4. The van der Waals surface area contributed by atoms with E-state index in [1.807, 2.05) is 48.5 Å². The number of carbonyl (C=O) groups excluding carboxylic acids is 2. The third-order valence-corrected chi connectivity index (χ3v) is 5.96. The molecule has 0 bridgehead atoms. The number of rotatable bonds is 4. The lowest BCUT2D eigenvalue weighted by Crippen LogP contribution is -2.35. The van der Waals surface area contributed by atoms with Crippen molar-refractivity contribution >= 4 is 39.2 Å². The summed E-state index contributed by atoms with van der Waals surface area (Å²) in [4.78, 5) is 48.7. The molecule has 5 rings (SSSR count). The number of carbonyl (C=O) groups is 2. The van der Waals surface area contributed by atoms with E-state index in [-0.39, 0.29) is 30.3 Å². The number of aromatic nitrogens is 2. The van der Waals surface area contributed by atoms with Gasteiger partial charge < -0.3 is 14.8 Å². The van der Waals surface area contributed by atoms with E-state index in [2.05, 4.69) is 9.97 Å². The average Bonchev–Trinajstić information content (AvgIpc) is 3.19. The fourth-order valence-electron chi connectivity index (χ4n) is 4.37. The Morgan fingerprint density at radius 1 is 1.03 bits per heavy atom. The molecule has 160 valence electrons. The van der Waals surface area contributed by atoms with Gasteiger partial charge in [-0.25, -0.2) is 4.98 Å². The van der Waals surface area contributed by atoms with Crippen LogP contribution in [0.3, 0.4) is 0 Å². The largest absolute Gasteiger partial charge is 0.338 e. The molecule has 0 radical (unpaired) electrons. The highest BCUT2D eigenvalue weighted by molar-refractivity contribution is 6.07. The molecule has 2 amide bonds. The van der Waals surface area contributed by atoms with Crippen LogP contribution < -0.4 is 10.5 Å². The minimum absolute atomic E-state index is 0.0645. The van der Waals surface area contributed by atoms with E-state index in [9.17, 15) is 14.4 Å². The van der Waals surface area contributed by atoms with Crippen molar-refractivity contribution < 1.29 is 9.59 Å². The number of para-hydroxylation sites is 1. The zero-order valence-corrected chi connectivity index (χ0v) is 17.6. The van der Waals surface area contributed by atoms with Crippen LogP contribution in [0.5, 0.6) is 0 Å². The van der Waals surface area contributed by atoms with Crippen molar-refractivity contribution in [3.05, 3.63) is 82.9 Å². The SMILES string of the molecule is CN(Cc1nc2ccccc2c(=O)[nH]1)C(=O)[C@H]1CC(=O)N(c2cccc3ccccc23)C1. The highest BCUT2D eigenvalue weighted by Gasteiger charge is 2.37. The van der Waals surface area contributed by atoms with Crippen molar-refractivity contribution in [1.82, 2.24) is 14.9 Å². The molecule has 1 aromatic heterocycles. The molecule has 7 heteroatoms. The van der Waals surface area contributed by atoms with Gasteiger partial charge in [0.2, 0.25) is 11.8 Å². The summed E-state index contributed by atoms with van der Waals surface area (Å²) in [6, 6.07) is 20.8. The first-order valence-electron chi connectivity index (χ1n) is 10.5. The number of aromatic amines is 1. The predicted molar refractivity (Wildman–Crippen MR) is 123 cm³/mol. The van der Waals surface area contributed by atoms with E-state index in [0.717, 1.165) is 16.5 Å². The van der Waals surface area contributed by atoms with Crippen molar-refractivity contribution in [2.24, 2.45) is 5.92 Å². The fraction of sp³-hybridized carbons (Fsp3) is 0.200. The second kappa shape index (κ2) is 7.92. The van der Waals surface area contributed by atoms with Crippen LogP contribution in [-0.2, 0) is 16.1 Å². The molecule has 3 aromatic carbocycles. The van der Waals surface area contributed by atoms with Crippen LogP contribution >= 0.6 is 0 Å². The summed E-state index contributed by atoms with van der Waals surface area (Å²) in [6.07, 6.45) is 0.161. The van der Waals surface area contributed by atoms with Crippen molar-refractivity contribution in [3.8, 4) is 0 Å². The molecule has 1 saturated heterocycles. The quantitative estimate of drug-likeness (QED) is 0.543. The van der Waals surface area contributed by atoms with Crippen LogP contribution in [0.1, 0.15) is 12.2 Å². The number of nitrogens with one attached hydrogen (secondary N) is 1. The molecule has 1 fully saturated rings. The summed E-state index contributed by atoms with van der Waals surface area (Å²) in [6.45, 7) is 0.496. The maximum atomic E-state index is 13.1. The summed E-state index contributed by atoms with van der Waals surface area (Å²) >= 11 is 0. The zero-order chi connectivity index (χ0) is 22.2. The van der Waals surface area contributed by atoms with Crippen LogP contribution in [0.2, 0.25) is 0 Å². The number of fused-ring (bicyclic) bond motifs is 2. The second-order valence-corrected chi connectivity index (χ2v) is 8.13. The lowest BCUT2D eigenvalue weighted by Gasteiger charge is -2.22. The van der Waals surface area contributed by atoms with E-state index in [4.69, 9.17) is 0 Å². The summed E-state index contributed by atoms with van der Waals surface area (Å²) in [7, 11) is 1.67. The highest BCUT2D eigenvalue weighted by atomic mass is 16.2. The van der Waals surface area contributed by atoms with E-state index < -0.39 is 5.92 Å². The normalized spacial score (nSPS) is 16.1. The minimum Gasteiger partial charge on any atom is -0.338 e. The summed E-state index contributed by atoms with van der Waals surface area (Å²) < 4.78 is 0. The molecular formula is C25H22N4O3. The van der Waals surface area contributed by atoms with Gasteiger partial charge in [-0.3, -0.25) is 14.4 Å². The first-order valence-corrected chi connectivity index (χ1v) is 10.5. The van der Waals surface area contributed by atoms with Crippen LogP contribution in [0.25, 0.3) is 21.7 Å². The van der Waals surface area contributed by atoms with Gasteiger partial charge in [-0.15, -0.1) is 0 Å². The van der Waals surface area contributed by atoms with Crippen LogP contribution in [0, 0.1) is 5.92 Å². The smallest absolute Gasteiger partial charge is 0.258 e. The number of H-pyrrole nitrogens is 1. The molecule has 1 aliphatic heterocycles. The first kappa shape index (κ1) is 19.9. The van der Waals surface area contributed by atoms with Gasteiger partial charge in [-0.05, 0) is 23.6 Å². The highest BCUT2D eigenvalue weighted by Crippen LogP contribution is 2.32. The van der Waals surface area contributed by atoms with E-state index in [0.29, 0.717) is 23.3 Å². The molecule has 2 heterocycles. The van der Waals surface area contributed by atoms with Crippen LogP contribution in [0.4, 0.5) is 5.69 Å². The van der Waals surface area contributed by atoms with Gasteiger partial charge in [0.25, 0.3) is 5.56 Å². The van der Waals surface area contributed by atoms with Gasteiger partial charge >= 0.3 is 0 Å². The number of hydrogen-bond donors (Lipinski definition) is 1. The molecule has 1 atom stereocenters. The van der Waals surface area contributed by atoms with Gasteiger partial charge in [0, 0.05) is 25.4 Å². The van der Waals surface area contributed by atoms with Crippen molar-refractivity contribution in [2.45, 2.75) is 13.0 Å². The van der Waals surface area contributed by atoms with Gasteiger partial charge in [0.05, 0.1) is 29.1 Å². The van der Waals surface area contributed by atoms with E-state index in [1.54, 1.807) is 30.1 Å². The molecule has 32 heavy (non-hydrogen) atoms. The molecule has 1 N–H and O–H groups in total. The predicted octanol–water partition coefficient (Wildman–Crippen LogP) is 3.09. The molecule has 4 aromatic rings. The van der Waals surface area contributed by atoms with Crippen LogP contribution in [0.15, 0.2) is 71.5 Å². The lowest BCUT2D eigenvalue weighted by atomic mass is 10.1. The maximum Gasteiger partial charge on any atom is 0.258 e.